The van der Waals surface area contributed by atoms with Gasteiger partial charge in [-0.1, -0.05) is 218 Å². The number of allylic oxidation sites excluding steroid dienone is 4. The van der Waals surface area contributed by atoms with Crippen LogP contribution in [0.3, 0.4) is 0 Å². The highest BCUT2D eigenvalue weighted by molar-refractivity contribution is 6.05. The van der Waals surface area contributed by atoms with Crippen molar-refractivity contribution in [3.63, 3.8) is 0 Å². The Morgan fingerprint density at radius 1 is 0.295 bits per heavy atom. The molecular weight excluding hydrogens is 737 g/mol. The molecule has 0 spiro atoms. The highest BCUT2D eigenvalue weighted by Crippen LogP contribution is 2.46. The Morgan fingerprint density at radius 2 is 0.689 bits per heavy atom. The molecule has 0 aliphatic heterocycles. The van der Waals surface area contributed by atoms with Gasteiger partial charge in [-0.2, -0.15) is 0 Å². The van der Waals surface area contributed by atoms with Crippen molar-refractivity contribution in [2.45, 2.75) is 0 Å². The molecule has 286 valence electrons. The summed E-state index contributed by atoms with van der Waals surface area (Å²) >= 11 is 0. The van der Waals surface area contributed by atoms with E-state index >= 15 is 0 Å². The highest BCUT2D eigenvalue weighted by atomic mass is 14.9. The maximum absolute atomic E-state index is 5.10. The van der Waals surface area contributed by atoms with Crippen molar-refractivity contribution in [1.82, 2.24) is 9.97 Å². The van der Waals surface area contributed by atoms with E-state index in [4.69, 9.17) is 9.97 Å². The Hall–Kier alpha value is -7.94. The van der Waals surface area contributed by atoms with E-state index in [1.54, 1.807) is 0 Å². The molecule has 1 aromatic heterocycles. The molecule has 0 N–H and O–H groups in total. The first kappa shape index (κ1) is 36.2. The zero-order chi connectivity index (χ0) is 40.5. The van der Waals surface area contributed by atoms with Crippen LogP contribution in [0.25, 0.3) is 78.4 Å². The molecule has 0 radical (unpaired) electrons. The molecule has 0 saturated heterocycles. The fourth-order valence-electron chi connectivity index (χ4n) is 8.98. The minimum atomic E-state index is 0.123. The molecule has 8 aromatic carbocycles. The Balaban J connectivity index is 0.939. The summed E-state index contributed by atoms with van der Waals surface area (Å²) in [5.41, 5.74) is 18.6. The first-order valence-electron chi connectivity index (χ1n) is 20.9. The molecular formula is C59H40N2. The van der Waals surface area contributed by atoms with E-state index in [2.05, 4.69) is 212 Å². The molecule has 2 nitrogen and oxygen atoms in total. The van der Waals surface area contributed by atoms with Crippen LogP contribution in [0.15, 0.2) is 237 Å². The van der Waals surface area contributed by atoms with Crippen molar-refractivity contribution in [1.29, 1.82) is 0 Å². The van der Waals surface area contributed by atoms with Crippen LogP contribution in [0, 0.1) is 5.92 Å². The summed E-state index contributed by atoms with van der Waals surface area (Å²) in [5.74, 6) is 0.832. The van der Waals surface area contributed by atoms with E-state index in [1.807, 2.05) is 24.3 Å². The predicted molar refractivity (Wildman–Crippen MR) is 253 cm³/mol. The number of nitrogens with zero attached hydrogens (tertiary/aromatic N) is 2. The molecule has 1 heterocycles. The van der Waals surface area contributed by atoms with Gasteiger partial charge in [0.25, 0.3) is 0 Å². The van der Waals surface area contributed by atoms with Crippen molar-refractivity contribution in [3.05, 3.63) is 264 Å². The van der Waals surface area contributed by atoms with Crippen LogP contribution in [0.4, 0.5) is 0 Å². The van der Waals surface area contributed by atoms with Crippen LogP contribution in [0.2, 0.25) is 0 Å². The lowest BCUT2D eigenvalue weighted by Crippen LogP contribution is -2.23. The first-order chi connectivity index (χ1) is 30.2. The Labute approximate surface area is 356 Å². The first-order valence-corrected chi connectivity index (χ1v) is 20.9. The second kappa shape index (κ2) is 15.7. The smallest absolute Gasteiger partial charge is 0.160 e. The average Bonchev–Trinajstić information content (AvgIpc) is 3.69. The molecule has 1 atom stereocenters. The number of aromatic nitrogens is 2. The Kier molecular flexibility index (Phi) is 9.29. The van der Waals surface area contributed by atoms with Crippen LogP contribution in [-0.4, -0.2) is 9.97 Å². The molecule has 0 saturated carbocycles. The summed E-state index contributed by atoms with van der Waals surface area (Å²) in [6.07, 6.45) is 4.83. The van der Waals surface area contributed by atoms with Gasteiger partial charge in [0.1, 0.15) is 0 Å². The lowest BCUT2D eigenvalue weighted by atomic mass is 9.75. The van der Waals surface area contributed by atoms with Crippen molar-refractivity contribution in [2.24, 2.45) is 5.92 Å². The van der Waals surface area contributed by atoms with E-state index in [-0.39, 0.29) is 5.92 Å². The summed E-state index contributed by atoms with van der Waals surface area (Å²) < 4.78 is 0. The van der Waals surface area contributed by atoms with Gasteiger partial charge in [0.15, 0.2) is 5.82 Å². The maximum Gasteiger partial charge on any atom is 0.160 e. The molecule has 2 aliphatic rings. The highest BCUT2D eigenvalue weighted by Gasteiger charge is 2.33. The van der Waals surface area contributed by atoms with Gasteiger partial charge in [-0.05, 0) is 89.9 Å². The van der Waals surface area contributed by atoms with E-state index in [9.17, 15) is 0 Å². The SMILES string of the molecule is C1=C(c2ccccc2)C=C(c2ccc(-c3ccc(-c4cc(-c5ccc(-c6ccccc6)cc5)nc(-c5ccccc5)n4)cc3)cc2)C2C1=c1ccccc1=C2c1ccccc1. The summed E-state index contributed by atoms with van der Waals surface area (Å²) in [6, 6.07) is 80.0. The zero-order valence-corrected chi connectivity index (χ0v) is 33.5. The van der Waals surface area contributed by atoms with Gasteiger partial charge in [0.2, 0.25) is 0 Å². The van der Waals surface area contributed by atoms with Crippen LogP contribution >= 0.6 is 0 Å². The second-order valence-corrected chi connectivity index (χ2v) is 15.7. The molecule has 0 bridgehead atoms. The molecule has 2 aliphatic carbocycles. The fraction of sp³-hybridized carbons (Fsp3) is 0.0169. The zero-order valence-electron chi connectivity index (χ0n) is 33.5. The predicted octanol–water partition coefficient (Wildman–Crippen LogP) is 13.0. The van der Waals surface area contributed by atoms with Gasteiger partial charge >= 0.3 is 0 Å². The largest absolute Gasteiger partial charge is 0.228 e. The second-order valence-electron chi connectivity index (χ2n) is 15.7. The minimum Gasteiger partial charge on any atom is -0.228 e. The van der Waals surface area contributed by atoms with Crippen LogP contribution in [0.1, 0.15) is 16.7 Å². The van der Waals surface area contributed by atoms with Crippen LogP contribution < -0.4 is 10.4 Å². The van der Waals surface area contributed by atoms with Gasteiger partial charge < -0.3 is 0 Å². The van der Waals surface area contributed by atoms with Crippen molar-refractivity contribution in [2.75, 3.05) is 0 Å². The third kappa shape index (κ3) is 6.94. The molecule has 1 unspecified atom stereocenters. The van der Waals surface area contributed by atoms with E-state index < -0.39 is 0 Å². The van der Waals surface area contributed by atoms with Crippen molar-refractivity contribution < 1.29 is 0 Å². The summed E-state index contributed by atoms with van der Waals surface area (Å²) in [5, 5.41) is 2.63. The van der Waals surface area contributed by atoms with E-state index in [0.29, 0.717) is 5.82 Å². The van der Waals surface area contributed by atoms with Gasteiger partial charge in [-0.15, -0.1) is 0 Å². The number of rotatable bonds is 8. The summed E-state index contributed by atoms with van der Waals surface area (Å²) in [4.78, 5) is 10.2. The normalized spacial score (nSPS) is 14.2. The minimum absolute atomic E-state index is 0.123. The third-order valence-electron chi connectivity index (χ3n) is 12.0. The molecule has 0 amide bonds. The number of hydrogen-bond donors (Lipinski definition) is 0. The lowest BCUT2D eigenvalue weighted by Gasteiger charge is -2.27. The fourth-order valence-corrected chi connectivity index (χ4v) is 8.98. The van der Waals surface area contributed by atoms with Gasteiger partial charge in [-0.3, -0.25) is 0 Å². The quantitative estimate of drug-likeness (QED) is 0.154. The maximum atomic E-state index is 5.10. The number of fused-ring (bicyclic) bond motifs is 2. The Bertz CT molecular complexity index is 3220. The molecule has 11 rings (SSSR count). The topological polar surface area (TPSA) is 25.8 Å². The van der Waals surface area contributed by atoms with Crippen molar-refractivity contribution in [3.8, 4) is 56.2 Å². The van der Waals surface area contributed by atoms with Crippen LogP contribution in [0.5, 0.6) is 0 Å². The van der Waals surface area contributed by atoms with Crippen LogP contribution in [-0.2, 0) is 0 Å². The van der Waals surface area contributed by atoms with Gasteiger partial charge in [0, 0.05) is 22.6 Å². The molecule has 0 fully saturated rings. The standard InChI is InChI=1S/C59H40N2/c1-5-15-40(16-6-1)42-27-33-46(34-28-42)55-39-56(61-59(60-55)49-21-11-4-12-22-49)47-35-29-44(30-36-47)43-25-31-45(32-26-43)53-37-50(41-17-7-2-8-18-41)38-54-51-23-13-14-24-52(51)57(58(53)54)48-19-9-3-10-20-48/h1-39,58H. The number of hydrogen-bond acceptors (Lipinski definition) is 2. The van der Waals surface area contributed by atoms with E-state index in [1.165, 1.54) is 66.1 Å². The van der Waals surface area contributed by atoms with Gasteiger partial charge in [-0.25, -0.2) is 9.97 Å². The van der Waals surface area contributed by atoms with Gasteiger partial charge in [0.05, 0.1) is 11.4 Å². The third-order valence-corrected chi connectivity index (χ3v) is 12.0. The summed E-state index contributed by atoms with van der Waals surface area (Å²) in [7, 11) is 0. The Morgan fingerprint density at radius 3 is 1.21 bits per heavy atom. The molecule has 9 aromatic rings. The molecule has 2 heteroatoms. The lowest BCUT2D eigenvalue weighted by molar-refractivity contribution is 1.15. The van der Waals surface area contributed by atoms with E-state index in [0.717, 1.165) is 33.6 Å². The number of benzene rings is 8. The van der Waals surface area contributed by atoms with Crippen molar-refractivity contribution >= 4 is 22.3 Å². The average molecular weight is 777 g/mol. The molecule has 61 heavy (non-hydrogen) atoms. The summed E-state index contributed by atoms with van der Waals surface area (Å²) in [6.45, 7) is 0. The monoisotopic (exact) mass is 776 g/mol.